The van der Waals surface area contributed by atoms with Gasteiger partial charge in [0, 0.05) is 12.1 Å². The molecule has 1 heterocycles. The number of aromatic nitrogens is 1. The lowest BCUT2D eigenvalue weighted by molar-refractivity contribution is -0.380. The number of carboxylic acid groups (broad SMARTS) is 1. The molecule has 0 aliphatic heterocycles. The molecule has 0 fully saturated rings. The van der Waals surface area contributed by atoms with E-state index in [1.807, 2.05) is 6.92 Å². The zero-order valence-electron chi connectivity index (χ0n) is 14.2. The van der Waals surface area contributed by atoms with Crippen LogP contribution in [0.15, 0.2) is 30.5 Å². The largest absolute Gasteiger partial charge is 0.480 e. The van der Waals surface area contributed by atoms with Crippen molar-refractivity contribution in [1.82, 2.24) is 10.3 Å². The van der Waals surface area contributed by atoms with Gasteiger partial charge in [-0.15, -0.1) is 0 Å². The highest BCUT2D eigenvalue weighted by Gasteiger charge is 2.29. The number of nitrogens with one attached hydrogen (secondary N) is 2. The van der Waals surface area contributed by atoms with E-state index in [0.717, 1.165) is 12.6 Å². The first-order chi connectivity index (χ1) is 12.8. The van der Waals surface area contributed by atoms with Crippen molar-refractivity contribution in [2.45, 2.75) is 19.3 Å². The van der Waals surface area contributed by atoms with Gasteiger partial charge in [-0.05, 0) is 35.5 Å². The van der Waals surface area contributed by atoms with Gasteiger partial charge in [-0.2, -0.15) is 0 Å². The van der Waals surface area contributed by atoms with Crippen molar-refractivity contribution in [1.29, 1.82) is 0 Å². The monoisotopic (exact) mass is 392 g/mol. The number of benzene rings is 1. The Labute approximate surface area is 157 Å². The topological polar surface area (TPSA) is 152 Å². The highest BCUT2D eigenvalue weighted by molar-refractivity contribution is 7.18. The van der Waals surface area contributed by atoms with Crippen molar-refractivity contribution in [2.75, 3.05) is 11.9 Å². The molecule has 1 atom stereocenters. The Morgan fingerprint density at radius 1 is 1.30 bits per heavy atom. The van der Waals surface area contributed by atoms with Crippen LogP contribution < -0.4 is 10.6 Å². The maximum Gasteiger partial charge on any atom is 0.345 e. The van der Waals surface area contributed by atoms with Crippen LogP contribution in [0.25, 0.3) is 0 Å². The predicted octanol–water partition coefficient (Wildman–Crippen LogP) is 2.00. The minimum atomic E-state index is -1.55. The van der Waals surface area contributed by atoms with Crippen LogP contribution in [0.3, 0.4) is 0 Å². The molecule has 2 amide bonds. The number of nitrogens with zero attached hydrogens (tertiary/aromatic N) is 2. The van der Waals surface area contributed by atoms with Crippen molar-refractivity contribution in [3.63, 3.8) is 0 Å². The van der Waals surface area contributed by atoms with Crippen LogP contribution >= 0.6 is 11.3 Å². The fraction of sp³-hybridized carbons (Fsp3) is 0.250. The van der Waals surface area contributed by atoms with Gasteiger partial charge in [0.25, 0.3) is 5.91 Å². The molecule has 0 saturated heterocycles. The molecule has 0 aliphatic rings. The lowest BCUT2D eigenvalue weighted by Crippen LogP contribution is -2.28. The number of hydrogen-bond donors (Lipinski definition) is 3. The van der Waals surface area contributed by atoms with Crippen LogP contribution in [0.5, 0.6) is 0 Å². The van der Waals surface area contributed by atoms with E-state index in [1.165, 1.54) is 24.3 Å². The van der Waals surface area contributed by atoms with Gasteiger partial charge in [-0.25, -0.2) is 4.98 Å². The second kappa shape index (κ2) is 8.85. The summed E-state index contributed by atoms with van der Waals surface area (Å²) in [4.78, 5) is 49.4. The summed E-state index contributed by atoms with van der Waals surface area (Å²) < 4.78 is 0. The van der Waals surface area contributed by atoms with Crippen molar-refractivity contribution >= 4 is 39.3 Å². The number of amides is 2. The summed E-state index contributed by atoms with van der Waals surface area (Å²) in [5, 5.41) is 24.7. The summed E-state index contributed by atoms with van der Waals surface area (Å²) in [6.45, 7) is 2.43. The molecule has 0 bridgehead atoms. The number of carboxylic acids is 1. The molecule has 0 radical (unpaired) electrons. The smallest absolute Gasteiger partial charge is 0.345 e. The third-order valence-corrected chi connectivity index (χ3v) is 4.32. The molecule has 1 aromatic heterocycles. The first kappa shape index (κ1) is 20.0. The van der Waals surface area contributed by atoms with Crippen LogP contribution in [0, 0.1) is 10.1 Å². The van der Waals surface area contributed by atoms with Crippen LogP contribution in [-0.2, 0) is 9.59 Å². The van der Waals surface area contributed by atoms with Gasteiger partial charge in [-0.3, -0.25) is 24.5 Å². The molecule has 142 valence electrons. The van der Waals surface area contributed by atoms with Crippen LogP contribution in [0.2, 0.25) is 0 Å². The minimum Gasteiger partial charge on any atom is -0.480 e. The molecule has 0 spiro atoms. The third kappa shape index (κ3) is 5.07. The maximum atomic E-state index is 12.3. The number of anilines is 1. The SMILES string of the molecule is CCCNC(=O)c1ccc(C(C(=O)O)C(=O)Nc2ncc([N+](=O)[O-])s2)cc1. The number of thiazole rings is 1. The van der Waals surface area contributed by atoms with E-state index in [9.17, 15) is 29.6 Å². The zero-order valence-corrected chi connectivity index (χ0v) is 15.0. The number of nitro groups is 1. The summed E-state index contributed by atoms with van der Waals surface area (Å²) in [6.07, 6.45) is 1.75. The number of aliphatic carboxylic acids is 1. The van der Waals surface area contributed by atoms with E-state index >= 15 is 0 Å². The molecule has 0 saturated carbocycles. The Morgan fingerprint density at radius 2 is 1.96 bits per heavy atom. The summed E-state index contributed by atoms with van der Waals surface area (Å²) in [7, 11) is 0. The van der Waals surface area contributed by atoms with E-state index < -0.39 is 22.7 Å². The summed E-state index contributed by atoms with van der Waals surface area (Å²) in [6, 6.07) is 5.61. The third-order valence-electron chi connectivity index (χ3n) is 3.45. The quantitative estimate of drug-likeness (QED) is 0.353. The van der Waals surface area contributed by atoms with Crippen molar-refractivity contribution < 1.29 is 24.4 Å². The lowest BCUT2D eigenvalue weighted by Gasteiger charge is -2.12. The van der Waals surface area contributed by atoms with Crippen LogP contribution in [-0.4, -0.2) is 39.3 Å². The molecular formula is C16H16N4O6S. The van der Waals surface area contributed by atoms with Gasteiger partial charge < -0.3 is 15.7 Å². The Morgan fingerprint density at radius 3 is 2.48 bits per heavy atom. The molecule has 3 N–H and O–H groups in total. The van der Waals surface area contributed by atoms with Gasteiger partial charge in [0.2, 0.25) is 5.91 Å². The Kier molecular flexibility index (Phi) is 6.55. The first-order valence-electron chi connectivity index (χ1n) is 7.85. The normalized spacial score (nSPS) is 11.4. The molecule has 1 aromatic carbocycles. The van der Waals surface area contributed by atoms with E-state index in [1.54, 1.807) is 0 Å². The van der Waals surface area contributed by atoms with E-state index in [-0.39, 0.29) is 21.6 Å². The summed E-state index contributed by atoms with van der Waals surface area (Å²) in [5.74, 6) is -4.15. The molecule has 2 rings (SSSR count). The molecule has 1 unspecified atom stereocenters. The molecule has 0 aliphatic carbocycles. The van der Waals surface area contributed by atoms with E-state index in [2.05, 4.69) is 15.6 Å². The van der Waals surface area contributed by atoms with Gasteiger partial charge >= 0.3 is 11.0 Å². The molecule has 11 heteroatoms. The minimum absolute atomic E-state index is 0.0755. The first-order valence-corrected chi connectivity index (χ1v) is 8.67. The maximum absolute atomic E-state index is 12.3. The zero-order chi connectivity index (χ0) is 20.0. The number of hydrogen-bond acceptors (Lipinski definition) is 7. The van der Waals surface area contributed by atoms with E-state index in [0.29, 0.717) is 23.4 Å². The summed E-state index contributed by atoms with van der Waals surface area (Å²) in [5.41, 5.74) is 0.505. The van der Waals surface area contributed by atoms with Gasteiger partial charge in [0.1, 0.15) is 6.20 Å². The second-order valence-electron chi connectivity index (χ2n) is 5.40. The van der Waals surface area contributed by atoms with Crippen molar-refractivity contribution in [3.8, 4) is 0 Å². The number of carbonyl (C=O) groups is 3. The van der Waals surface area contributed by atoms with Gasteiger partial charge in [-0.1, -0.05) is 19.1 Å². The highest BCUT2D eigenvalue weighted by Crippen LogP contribution is 2.26. The summed E-state index contributed by atoms with van der Waals surface area (Å²) >= 11 is 0.620. The van der Waals surface area contributed by atoms with Crippen molar-refractivity contribution in [3.05, 3.63) is 51.7 Å². The Hall–Kier alpha value is -3.34. The molecule has 2 aromatic rings. The molecule has 27 heavy (non-hydrogen) atoms. The number of rotatable bonds is 8. The second-order valence-corrected chi connectivity index (χ2v) is 6.41. The standard InChI is InChI=1S/C16H16N4O6S/c1-2-7-17-13(21)10-5-3-9(4-6-10)12(15(23)24)14(22)19-16-18-8-11(27-16)20(25)26/h3-6,8,12H,2,7H2,1H3,(H,17,21)(H,23,24)(H,18,19,22). The Bertz CT molecular complexity index is 864. The fourth-order valence-corrected chi connectivity index (χ4v) is 2.79. The van der Waals surface area contributed by atoms with Crippen LogP contribution in [0.4, 0.5) is 10.1 Å². The highest BCUT2D eigenvalue weighted by atomic mass is 32.1. The van der Waals surface area contributed by atoms with Crippen molar-refractivity contribution in [2.24, 2.45) is 0 Å². The average molecular weight is 392 g/mol. The van der Waals surface area contributed by atoms with Gasteiger partial charge in [0.05, 0.1) is 4.92 Å². The molecular weight excluding hydrogens is 376 g/mol. The fourth-order valence-electron chi connectivity index (χ4n) is 2.16. The van der Waals surface area contributed by atoms with Crippen LogP contribution in [0.1, 0.15) is 35.2 Å². The number of carbonyl (C=O) groups excluding carboxylic acids is 2. The molecule has 10 nitrogen and oxygen atoms in total. The predicted molar refractivity (Wildman–Crippen MR) is 96.8 cm³/mol. The Balaban J connectivity index is 2.15. The van der Waals surface area contributed by atoms with Gasteiger partial charge in [0.15, 0.2) is 11.0 Å². The lowest BCUT2D eigenvalue weighted by atomic mass is 9.97. The average Bonchev–Trinajstić information content (AvgIpc) is 3.08. The van der Waals surface area contributed by atoms with E-state index in [4.69, 9.17) is 0 Å².